The molecule has 0 amide bonds. The highest BCUT2D eigenvalue weighted by Gasteiger charge is 2.31. The van der Waals surface area contributed by atoms with Crippen LogP contribution >= 0.6 is 0 Å². The van der Waals surface area contributed by atoms with Gasteiger partial charge in [-0.15, -0.1) is 0 Å². The van der Waals surface area contributed by atoms with Crippen molar-refractivity contribution >= 4 is 11.8 Å². The Bertz CT molecular complexity index is 214. The van der Waals surface area contributed by atoms with Gasteiger partial charge in [0.25, 0.3) is 0 Å². The van der Waals surface area contributed by atoms with Crippen molar-refractivity contribution in [2.24, 2.45) is 5.92 Å². The highest BCUT2D eigenvalue weighted by Crippen LogP contribution is 2.26. The van der Waals surface area contributed by atoms with E-state index in [0.29, 0.717) is 18.6 Å². The van der Waals surface area contributed by atoms with E-state index in [4.69, 9.17) is 4.74 Å². The van der Waals surface area contributed by atoms with Crippen LogP contribution < -0.4 is 0 Å². The first-order valence-corrected chi connectivity index (χ1v) is 4.02. The molecule has 0 aromatic rings. The Morgan fingerprint density at radius 3 is 2.75 bits per heavy atom. The fraction of sp³-hybridized carbons (Fsp3) is 0.556. The molecule has 1 fully saturated rings. The number of carbonyl (C=O) groups is 2. The van der Waals surface area contributed by atoms with Crippen LogP contribution in [0.3, 0.4) is 0 Å². The molecule has 0 bridgehead atoms. The van der Waals surface area contributed by atoms with E-state index in [-0.39, 0.29) is 24.1 Å². The minimum absolute atomic E-state index is 0.00643. The highest BCUT2D eigenvalue weighted by molar-refractivity contribution is 6.00. The Balaban J connectivity index is 2.51. The predicted molar refractivity (Wildman–Crippen MR) is 43.5 cm³/mol. The lowest BCUT2D eigenvalue weighted by Crippen LogP contribution is -2.14. The van der Waals surface area contributed by atoms with Crippen molar-refractivity contribution in [3.8, 4) is 0 Å². The van der Waals surface area contributed by atoms with Crippen molar-refractivity contribution in [3.63, 3.8) is 0 Å². The zero-order chi connectivity index (χ0) is 9.14. The van der Waals surface area contributed by atoms with Crippen molar-refractivity contribution in [3.05, 3.63) is 12.2 Å². The molecule has 1 aliphatic carbocycles. The summed E-state index contributed by atoms with van der Waals surface area (Å²) < 4.78 is 4.79. The minimum atomic E-state index is -0.274. The standard InChI is InChI=1S/C9H12O3/c1-3-12-9(11)7-4-6(2)8(10)5-7/h7H,2-5H2,1H3. The van der Waals surface area contributed by atoms with Gasteiger partial charge in [0.1, 0.15) is 0 Å². The molecule has 66 valence electrons. The molecule has 0 spiro atoms. The van der Waals surface area contributed by atoms with Crippen LogP contribution in [0.4, 0.5) is 0 Å². The molecule has 1 saturated carbocycles. The largest absolute Gasteiger partial charge is 0.466 e. The molecular weight excluding hydrogens is 156 g/mol. The smallest absolute Gasteiger partial charge is 0.309 e. The quantitative estimate of drug-likeness (QED) is 0.458. The van der Waals surface area contributed by atoms with Gasteiger partial charge in [0.05, 0.1) is 12.5 Å². The van der Waals surface area contributed by atoms with Gasteiger partial charge in [-0.3, -0.25) is 9.59 Å². The van der Waals surface area contributed by atoms with Gasteiger partial charge in [0.2, 0.25) is 0 Å². The first-order chi connectivity index (χ1) is 5.65. The molecule has 0 aliphatic heterocycles. The van der Waals surface area contributed by atoms with Gasteiger partial charge in [0.15, 0.2) is 5.78 Å². The molecule has 0 heterocycles. The minimum Gasteiger partial charge on any atom is -0.466 e. The summed E-state index contributed by atoms with van der Waals surface area (Å²) >= 11 is 0. The number of hydrogen-bond donors (Lipinski definition) is 0. The van der Waals surface area contributed by atoms with Crippen LogP contribution in [0.25, 0.3) is 0 Å². The fourth-order valence-corrected chi connectivity index (χ4v) is 1.28. The van der Waals surface area contributed by atoms with E-state index in [9.17, 15) is 9.59 Å². The Hall–Kier alpha value is -1.12. The number of ketones is 1. The molecule has 12 heavy (non-hydrogen) atoms. The third kappa shape index (κ3) is 1.72. The SMILES string of the molecule is C=C1CC(C(=O)OCC)CC1=O. The number of hydrogen-bond acceptors (Lipinski definition) is 3. The zero-order valence-corrected chi connectivity index (χ0v) is 7.13. The first kappa shape index (κ1) is 8.97. The van der Waals surface area contributed by atoms with E-state index in [2.05, 4.69) is 6.58 Å². The molecule has 3 nitrogen and oxygen atoms in total. The molecule has 0 aromatic carbocycles. The van der Waals surface area contributed by atoms with Gasteiger partial charge < -0.3 is 4.74 Å². The van der Waals surface area contributed by atoms with Gasteiger partial charge in [-0.05, 0) is 18.9 Å². The topological polar surface area (TPSA) is 43.4 Å². The maximum absolute atomic E-state index is 11.1. The Morgan fingerprint density at radius 2 is 2.33 bits per heavy atom. The summed E-state index contributed by atoms with van der Waals surface area (Å²) in [5.74, 6) is -0.553. The fourth-order valence-electron chi connectivity index (χ4n) is 1.28. The summed E-state index contributed by atoms with van der Waals surface area (Å²) in [6, 6.07) is 0. The van der Waals surface area contributed by atoms with Crippen molar-refractivity contribution in [1.82, 2.24) is 0 Å². The number of esters is 1. The summed E-state index contributed by atoms with van der Waals surface area (Å²) in [7, 11) is 0. The molecule has 0 aromatic heterocycles. The molecule has 1 rings (SSSR count). The molecule has 1 atom stereocenters. The predicted octanol–water partition coefficient (Wildman–Crippen LogP) is 1.08. The second-order valence-corrected chi connectivity index (χ2v) is 2.88. The molecule has 1 unspecified atom stereocenters. The van der Waals surface area contributed by atoms with E-state index < -0.39 is 0 Å². The summed E-state index contributed by atoms with van der Waals surface area (Å²) in [6.07, 6.45) is 0.745. The maximum Gasteiger partial charge on any atom is 0.309 e. The lowest BCUT2D eigenvalue weighted by atomic mass is 10.1. The number of Topliss-reactive ketones (excluding diaryl/α,β-unsaturated/α-hetero) is 1. The van der Waals surface area contributed by atoms with Crippen molar-refractivity contribution < 1.29 is 14.3 Å². The molecule has 0 radical (unpaired) electrons. The van der Waals surface area contributed by atoms with E-state index in [0.717, 1.165) is 0 Å². The lowest BCUT2D eigenvalue weighted by Gasteiger charge is -2.05. The zero-order valence-electron chi connectivity index (χ0n) is 7.13. The van der Waals surface area contributed by atoms with Gasteiger partial charge in [-0.2, -0.15) is 0 Å². The number of rotatable bonds is 2. The van der Waals surface area contributed by atoms with Crippen molar-refractivity contribution in [2.45, 2.75) is 19.8 Å². The van der Waals surface area contributed by atoms with Crippen LogP contribution in [0.1, 0.15) is 19.8 Å². The number of allylic oxidation sites excluding steroid dienone is 1. The maximum atomic E-state index is 11.1. The molecule has 1 aliphatic rings. The summed E-state index contributed by atoms with van der Waals surface area (Å²) in [5, 5.41) is 0. The third-order valence-corrected chi connectivity index (χ3v) is 1.94. The highest BCUT2D eigenvalue weighted by atomic mass is 16.5. The lowest BCUT2D eigenvalue weighted by molar-refractivity contribution is -0.148. The van der Waals surface area contributed by atoms with E-state index >= 15 is 0 Å². The second kappa shape index (κ2) is 3.52. The number of carbonyl (C=O) groups excluding carboxylic acids is 2. The van der Waals surface area contributed by atoms with Crippen LogP contribution in [-0.4, -0.2) is 18.4 Å². The molecule has 3 heteroatoms. The Labute approximate surface area is 71.4 Å². The Kier molecular flexibility index (Phi) is 2.63. The van der Waals surface area contributed by atoms with E-state index in [1.165, 1.54) is 0 Å². The van der Waals surface area contributed by atoms with E-state index in [1.807, 2.05) is 0 Å². The van der Waals surface area contributed by atoms with Crippen LogP contribution in [0.2, 0.25) is 0 Å². The summed E-state index contributed by atoms with van der Waals surface area (Å²) in [4.78, 5) is 22.1. The van der Waals surface area contributed by atoms with Crippen LogP contribution in [0, 0.1) is 5.92 Å². The van der Waals surface area contributed by atoms with Gasteiger partial charge in [0, 0.05) is 6.42 Å². The normalized spacial score (nSPS) is 22.9. The van der Waals surface area contributed by atoms with Gasteiger partial charge in [-0.25, -0.2) is 0 Å². The van der Waals surface area contributed by atoms with Gasteiger partial charge >= 0.3 is 5.97 Å². The van der Waals surface area contributed by atoms with Crippen LogP contribution in [0.5, 0.6) is 0 Å². The van der Waals surface area contributed by atoms with E-state index in [1.54, 1.807) is 6.92 Å². The average molecular weight is 168 g/mol. The summed E-state index contributed by atoms with van der Waals surface area (Å²) in [5.41, 5.74) is 0.549. The average Bonchev–Trinajstić information content (AvgIpc) is 2.33. The second-order valence-electron chi connectivity index (χ2n) is 2.88. The van der Waals surface area contributed by atoms with Crippen molar-refractivity contribution in [2.75, 3.05) is 6.61 Å². The molecular formula is C9H12O3. The first-order valence-electron chi connectivity index (χ1n) is 4.02. The number of ether oxygens (including phenoxy) is 1. The Morgan fingerprint density at radius 1 is 1.67 bits per heavy atom. The molecule has 0 N–H and O–H groups in total. The third-order valence-electron chi connectivity index (χ3n) is 1.94. The molecule has 0 saturated heterocycles. The van der Waals surface area contributed by atoms with Gasteiger partial charge in [-0.1, -0.05) is 6.58 Å². The monoisotopic (exact) mass is 168 g/mol. The van der Waals surface area contributed by atoms with Crippen LogP contribution in [0.15, 0.2) is 12.2 Å². The van der Waals surface area contributed by atoms with Crippen LogP contribution in [-0.2, 0) is 14.3 Å². The summed E-state index contributed by atoms with van der Waals surface area (Å²) in [6.45, 7) is 5.70. The van der Waals surface area contributed by atoms with Crippen molar-refractivity contribution in [1.29, 1.82) is 0 Å².